The van der Waals surface area contributed by atoms with Crippen LogP contribution < -0.4 is 10.1 Å². The van der Waals surface area contributed by atoms with E-state index in [1.54, 1.807) is 6.07 Å². The number of nitrogens with zero attached hydrogens (tertiary/aromatic N) is 1. The van der Waals surface area contributed by atoms with Crippen molar-refractivity contribution in [3.8, 4) is 5.75 Å². The largest absolute Gasteiger partial charge is 0.487 e. The average molecular weight is 329 g/mol. The summed E-state index contributed by atoms with van der Waals surface area (Å²) < 4.78 is 18.6. The number of benzene rings is 1. The van der Waals surface area contributed by atoms with Crippen molar-refractivity contribution >= 4 is 29.0 Å². The van der Waals surface area contributed by atoms with Crippen molar-refractivity contribution in [1.82, 2.24) is 4.98 Å². The number of pyridine rings is 1. The van der Waals surface area contributed by atoms with E-state index in [1.807, 2.05) is 6.07 Å². The predicted molar refractivity (Wildman–Crippen MR) is 83.8 cm³/mol. The smallest absolute Gasteiger partial charge is 0.142 e. The Hall–Kier alpha value is -1.52. The summed E-state index contributed by atoms with van der Waals surface area (Å²) in [6.07, 6.45) is 1.00. The van der Waals surface area contributed by atoms with Crippen molar-refractivity contribution in [1.29, 1.82) is 0 Å². The van der Waals surface area contributed by atoms with E-state index < -0.39 is 5.82 Å². The van der Waals surface area contributed by atoms with Gasteiger partial charge in [0, 0.05) is 12.6 Å². The van der Waals surface area contributed by atoms with Crippen LogP contribution in [0.5, 0.6) is 5.75 Å². The van der Waals surface area contributed by atoms with Gasteiger partial charge in [0.25, 0.3) is 0 Å². The Morgan fingerprint density at radius 2 is 2.00 bits per heavy atom. The fourth-order valence-corrected chi connectivity index (χ4v) is 1.99. The number of nitrogens with one attached hydrogen (secondary N) is 1. The minimum absolute atomic E-state index is 0.0184. The summed E-state index contributed by atoms with van der Waals surface area (Å²) >= 11 is 11.8. The van der Waals surface area contributed by atoms with Gasteiger partial charge in [0.1, 0.15) is 24.0 Å². The van der Waals surface area contributed by atoms with Gasteiger partial charge in [-0.3, -0.25) is 0 Å². The van der Waals surface area contributed by atoms with Crippen LogP contribution in [0.2, 0.25) is 10.0 Å². The van der Waals surface area contributed by atoms with Gasteiger partial charge in [0.2, 0.25) is 0 Å². The minimum Gasteiger partial charge on any atom is -0.487 e. The molecule has 0 aliphatic rings. The summed E-state index contributed by atoms with van der Waals surface area (Å²) in [5.74, 6) is 0.731. The maximum absolute atomic E-state index is 13.1. The van der Waals surface area contributed by atoms with Crippen LogP contribution in [-0.4, -0.2) is 11.5 Å². The highest BCUT2D eigenvalue weighted by atomic mass is 35.5. The van der Waals surface area contributed by atoms with Crippen LogP contribution in [-0.2, 0) is 6.61 Å². The van der Waals surface area contributed by atoms with Crippen LogP contribution in [0.25, 0.3) is 0 Å². The first-order valence-corrected chi connectivity index (χ1v) is 7.33. The summed E-state index contributed by atoms with van der Waals surface area (Å²) in [4.78, 5) is 4.39. The highest BCUT2D eigenvalue weighted by molar-refractivity contribution is 6.31. The van der Waals surface area contributed by atoms with Crippen LogP contribution in [0.3, 0.4) is 0 Å². The first-order valence-electron chi connectivity index (χ1n) is 6.57. The van der Waals surface area contributed by atoms with E-state index in [9.17, 15) is 4.39 Å². The Bertz CT molecular complexity index is 623. The predicted octanol–water partition coefficient (Wildman–Crippen LogP) is 4.93. The van der Waals surface area contributed by atoms with Crippen molar-refractivity contribution in [3.63, 3.8) is 0 Å². The third-order valence-electron chi connectivity index (χ3n) is 2.74. The van der Waals surface area contributed by atoms with E-state index in [-0.39, 0.29) is 11.6 Å². The van der Waals surface area contributed by atoms with Crippen LogP contribution in [0.4, 0.5) is 10.2 Å². The molecule has 0 unspecified atom stereocenters. The fraction of sp³-hybridized carbons (Fsp3) is 0.267. The van der Waals surface area contributed by atoms with E-state index in [0.29, 0.717) is 16.5 Å². The molecule has 2 rings (SSSR count). The molecule has 0 atom stereocenters. The number of hydrogen-bond donors (Lipinski definition) is 1. The van der Waals surface area contributed by atoms with Gasteiger partial charge in [-0.2, -0.15) is 0 Å². The maximum Gasteiger partial charge on any atom is 0.142 e. The van der Waals surface area contributed by atoms with Gasteiger partial charge in [0.05, 0.1) is 15.7 Å². The molecule has 1 N–H and O–H groups in total. The molecule has 0 fully saturated rings. The third-order valence-corrected chi connectivity index (χ3v) is 3.38. The number of aromatic nitrogens is 1. The number of rotatable bonds is 6. The molecular formula is C15H15Cl2FN2O. The third kappa shape index (κ3) is 4.48. The Labute approximate surface area is 133 Å². The summed E-state index contributed by atoms with van der Waals surface area (Å²) in [5.41, 5.74) is 0.609. The molecule has 1 aromatic carbocycles. The van der Waals surface area contributed by atoms with Crippen LogP contribution in [0, 0.1) is 5.82 Å². The Balaban J connectivity index is 2.06. The molecule has 0 spiro atoms. The average Bonchev–Trinajstić information content (AvgIpc) is 2.48. The van der Waals surface area contributed by atoms with Crippen molar-refractivity contribution in [2.75, 3.05) is 11.9 Å². The van der Waals surface area contributed by atoms with Crippen molar-refractivity contribution in [2.45, 2.75) is 20.0 Å². The standard InChI is InChI=1S/C15H15Cl2FN2O/c1-2-7-19-15-6-4-11(16)14(20-15)9-21-10-3-5-13(18)12(17)8-10/h3-6,8H,2,7,9H2,1H3,(H,19,20). The van der Waals surface area contributed by atoms with E-state index >= 15 is 0 Å². The molecule has 0 aliphatic carbocycles. The Morgan fingerprint density at radius 1 is 1.19 bits per heavy atom. The lowest BCUT2D eigenvalue weighted by Gasteiger charge is -2.10. The molecule has 112 valence electrons. The van der Waals surface area contributed by atoms with Gasteiger partial charge in [-0.1, -0.05) is 30.1 Å². The SMILES string of the molecule is CCCNc1ccc(Cl)c(COc2ccc(F)c(Cl)c2)n1. The lowest BCUT2D eigenvalue weighted by molar-refractivity contribution is 0.301. The normalized spacial score (nSPS) is 10.5. The topological polar surface area (TPSA) is 34.1 Å². The van der Waals surface area contributed by atoms with Crippen LogP contribution in [0.1, 0.15) is 19.0 Å². The summed E-state index contributed by atoms with van der Waals surface area (Å²) in [6, 6.07) is 7.77. The van der Waals surface area contributed by atoms with Gasteiger partial charge < -0.3 is 10.1 Å². The number of hydrogen-bond acceptors (Lipinski definition) is 3. The first-order chi connectivity index (χ1) is 10.1. The molecule has 2 aromatic rings. The molecule has 0 aliphatic heterocycles. The molecule has 0 radical (unpaired) electrons. The molecule has 0 amide bonds. The summed E-state index contributed by atoms with van der Waals surface area (Å²) in [5, 5.41) is 3.72. The van der Waals surface area contributed by atoms with E-state index in [4.69, 9.17) is 27.9 Å². The molecule has 0 saturated carbocycles. The zero-order valence-electron chi connectivity index (χ0n) is 11.5. The molecular weight excluding hydrogens is 314 g/mol. The highest BCUT2D eigenvalue weighted by Crippen LogP contribution is 2.23. The number of anilines is 1. The number of ether oxygens (including phenoxy) is 1. The minimum atomic E-state index is -0.481. The van der Waals surface area contributed by atoms with Gasteiger partial charge >= 0.3 is 0 Å². The van der Waals surface area contributed by atoms with Crippen molar-refractivity contribution in [2.24, 2.45) is 0 Å². The molecule has 1 heterocycles. The van der Waals surface area contributed by atoms with E-state index in [0.717, 1.165) is 18.8 Å². The Kier molecular flexibility index (Phi) is 5.65. The van der Waals surface area contributed by atoms with Gasteiger partial charge in [0.15, 0.2) is 0 Å². The second-order valence-electron chi connectivity index (χ2n) is 4.42. The number of halogens is 3. The molecule has 21 heavy (non-hydrogen) atoms. The lowest BCUT2D eigenvalue weighted by Crippen LogP contribution is -2.05. The lowest BCUT2D eigenvalue weighted by atomic mass is 10.3. The van der Waals surface area contributed by atoms with E-state index in [2.05, 4.69) is 17.2 Å². The van der Waals surface area contributed by atoms with Gasteiger partial charge in [-0.05, 0) is 30.7 Å². The zero-order valence-corrected chi connectivity index (χ0v) is 13.0. The van der Waals surface area contributed by atoms with E-state index in [1.165, 1.54) is 18.2 Å². The van der Waals surface area contributed by atoms with Crippen LogP contribution >= 0.6 is 23.2 Å². The monoisotopic (exact) mass is 328 g/mol. The first kappa shape index (κ1) is 15.9. The van der Waals surface area contributed by atoms with Crippen LogP contribution in [0.15, 0.2) is 30.3 Å². The molecule has 6 heteroatoms. The fourth-order valence-electron chi connectivity index (χ4n) is 1.66. The second kappa shape index (κ2) is 7.48. The molecule has 1 aromatic heterocycles. The molecule has 0 bridgehead atoms. The van der Waals surface area contributed by atoms with Gasteiger partial charge in [-0.15, -0.1) is 0 Å². The quantitative estimate of drug-likeness (QED) is 0.816. The maximum atomic E-state index is 13.1. The molecule has 0 saturated heterocycles. The second-order valence-corrected chi connectivity index (χ2v) is 5.23. The van der Waals surface area contributed by atoms with Crippen molar-refractivity contribution < 1.29 is 9.13 Å². The zero-order chi connectivity index (χ0) is 15.2. The Morgan fingerprint density at radius 3 is 2.71 bits per heavy atom. The summed E-state index contributed by atoms with van der Waals surface area (Å²) in [6.45, 7) is 3.09. The summed E-state index contributed by atoms with van der Waals surface area (Å²) in [7, 11) is 0. The van der Waals surface area contributed by atoms with Crippen molar-refractivity contribution in [3.05, 3.63) is 51.9 Å². The van der Waals surface area contributed by atoms with Gasteiger partial charge in [-0.25, -0.2) is 9.37 Å². The highest BCUT2D eigenvalue weighted by Gasteiger charge is 2.07. The molecule has 3 nitrogen and oxygen atoms in total.